The maximum atomic E-state index is 13.7. The Morgan fingerprint density at radius 1 is 1.00 bits per heavy atom. The summed E-state index contributed by atoms with van der Waals surface area (Å²) >= 11 is 0. The van der Waals surface area contributed by atoms with Crippen molar-refractivity contribution in [1.82, 2.24) is 5.32 Å². The third-order valence-corrected chi connectivity index (χ3v) is 8.45. The first-order valence-electron chi connectivity index (χ1n) is 7.76. The second-order valence-electron chi connectivity index (χ2n) is 6.05. The lowest BCUT2D eigenvalue weighted by Crippen LogP contribution is -2.43. The van der Waals surface area contributed by atoms with Crippen LogP contribution >= 0.6 is 0 Å². The van der Waals surface area contributed by atoms with Gasteiger partial charge in [0.25, 0.3) is 0 Å². The highest BCUT2D eigenvalue weighted by atomic mass is 32.2. The van der Waals surface area contributed by atoms with E-state index >= 15 is 0 Å². The summed E-state index contributed by atoms with van der Waals surface area (Å²) in [5, 5.41) is 1.83. The van der Waals surface area contributed by atoms with Gasteiger partial charge in [0.15, 0.2) is 19.7 Å². The first-order chi connectivity index (χ1) is 11.8. The maximum absolute atomic E-state index is 13.7. The summed E-state index contributed by atoms with van der Waals surface area (Å²) in [6, 6.07) is 13.1. The van der Waals surface area contributed by atoms with Crippen LogP contribution in [0.5, 0.6) is 0 Å². The standard InChI is InChI=1S/C17H18FNO4S2/c18-15-9-5-4-6-13(15)10-19-16-11-24(20,21)12-17(16)25(22,23)14-7-2-1-3-8-14/h1-9,16-17,19H,10-12H2/t16-,17-/m0/s1. The molecule has 8 heteroatoms. The van der Waals surface area contributed by atoms with E-state index in [1.165, 1.54) is 18.2 Å². The lowest BCUT2D eigenvalue weighted by Gasteiger charge is -2.20. The van der Waals surface area contributed by atoms with Crippen molar-refractivity contribution < 1.29 is 21.2 Å². The SMILES string of the molecule is O=S1(=O)C[C@H](NCc2ccccc2F)[C@@H](S(=O)(=O)c2ccccc2)C1. The summed E-state index contributed by atoms with van der Waals surface area (Å²) in [7, 11) is -7.29. The van der Waals surface area contributed by atoms with Crippen LogP contribution < -0.4 is 5.32 Å². The third-order valence-electron chi connectivity index (χ3n) is 4.28. The molecular formula is C17H18FNO4S2. The zero-order valence-corrected chi connectivity index (χ0v) is 14.9. The predicted molar refractivity (Wildman–Crippen MR) is 93.1 cm³/mol. The van der Waals surface area contributed by atoms with Gasteiger partial charge in [-0.25, -0.2) is 21.2 Å². The number of hydrogen-bond donors (Lipinski definition) is 1. The second kappa shape index (κ2) is 6.86. The van der Waals surface area contributed by atoms with Crippen molar-refractivity contribution in [2.45, 2.75) is 22.7 Å². The Labute approximate surface area is 146 Å². The van der Waals surface area contributed by atoms with Gasteiger partial charge in [-0.2, -0.15) is 0 Å². The molecule has 3 rings (SSSR count). The average molecular weight is 383 g/mol. The van der Waals surface area contributed by atoms with Crippen molar-refractivity contribution in [3.8, 4) is 0 Å². The van der Waals surface area contributed by atoms with Crippen LogP contribution in [0.25, 0.3) is 0 Å². The highest BCUT2D eigenvalue weighted by Crippen LogP contribution is 2.26. The van der Waals surface area contributed by atoms with E-state index < -0.39 is 42.5 Å². The Bertz CT molecular complexity index is 959. The summed E-state index contributed by atoms with van der Waals surface area (Å²) in [6.07, 6.45) is 0. The third kappa shape index (κ3) is 3.91. The molecule has 134 valence electrons. The molecule has 2 aromatic rings. The fourth-order valence-electron chi connectivity index (χ4n) is 2.98. The molecule has 1 aliphatic rings. The normalized spacial score (nSPS) is 22.8. The fourth-order valence-corrected chi connectivity index (χ4v) is 7.72. The summed E-state index contributed by atoms with van der Waals surface area (Å²) in [5.74, 6) is -1.13. The molecule has 1 N–H and O–H groups in total. The van der Waals surface area contributed by atoms with Gasteiger partial charge in [0.05, 0.1) is 21.7 Å². The number of halogens is 1. The van der Waals surface area contributed by atoms with Crippen LogP contribution in [0.3, 0.4) is 0 Å². The van der Waals surface area contributed by atoms with Crippen molar-refractivity contribution in [3.05, 3.63) is 66.0 Å². The summed E-state index contributed by atoms with van der Waals surface area (Å²) in [4.78, 5) is 0.0924. The van der Waals surface area contributed by atoms with Crippen LogP contribution in [0.4, 0.5) is 4.39 Å². The van der Waals surface area contributed by atoms with E-state index in [2.05, 4.69) is 5.32 Å². The number of nitrogens with one attached hydrogen (secondary N) is 1. The molecule has 25 heavy (non-hydrogen) atoms. The van der Waals surface area contributed by atoms with Crippen molar-refractivity contribution in [2.75, 3.05) is 11.5 Å². The van der Waals surface area contributed by atoms with Gasteiger partial charge in [-0.15, -0.1) is 0 Å². The van der Waals surface area contributed by atoms with Crippen LogP contribution in [-0.4, -0.2) is 39.6 Å². The maximum Gasteiger partial charge on any atom is 0.183 e. The van der Waals surface area contributed by atoms with E-state index in [4.69, 9.17) is 0 Å². The summed E-state index contributed by atoms with van der Waals surface area (Å²) < 4.78 is 63.5. The molecule has 1 fully saturated rings. The van der Waals surface area contributed by atoms with Crippen LogP contribution in [-0.2, 0) is 26.2 Å². The number of rotatable bonds is 5. The van der Waals surface area contributed by atoms with Gasteiger partial charge in [-0.3, -0.25) is 0 Å². The quantitative estimate of drug-likeness (QED) is 0.847. The topological polar surface area (TPSA) is 80.3 Å². The summed E-state index contributed by atoms with van der Waals surface area (Å²) in [5.41, 5.74) is 0.364. The van der Waals surface area contributed by atoms with E-state index in [1.54, 1.807) is 36.4 Å². The van der Waals surface area contributed by atoms with Crippen molar-refractivity contribution in [1.29, 1.82) is 0 Å². The predicted octanol–water partition coefficient (Wildman–Crippen LogP) is 1.55. The van der Waals surface area contributed by atoms with Gasteiger partial charge < -0.3 is 5.32 Å². The Hall–Kier alpha value is -1.77. The average Bonchev–Trinajstić information content (AvgIpc) is 2.90. The molecule has 1 saturated heterocycles. The minimum Gasteiger partial charge on any atom is -0.307 e. The zero-order valence-electron chi connectivity index (χ0n) is 13.3. The Balaban J connectivity index is 1.86. The molecule has 0 saturated carbocycles. The molecule has 0 aliphatic carbocycles. The largest absolute Gasteiger partial charge is 0.307 e. The second-order valence-corrected chi connectivity index (χ2v) is 10.4. The van der Waals surface area contributed by atoms with E-state index in [1.807, 2.05) is 0 Å². The van der Waals surface area contributed by atoms with Gasteiger partial charge in [0.1, 0.15) is 5.82 Å². The smallest absolute Gasteiger partial charge is 0.183 e. The highest BCUT2D eigenvalue weighted by molar-refractivity contribution is 7.96. The van der Waals surface area contributed by atoms with Crippen molar-refractivity contribution >= 4 is 19.7 Å². The van der Waals surface area contributed by atoms with E-state index in [9.17, 15) is 21.2 Å². The van der Waals surface area contributed by atoms with E-state index in [-0.39, 0.29) is 17.2 Å². The molecule has 1 heterocycles. The van der Waals surface area contributed by atoms with Crippen molar-refractivity contribution in [2.24, 2.45) is 0 Å². The Kier molecular flexibility index (Phi) is 4.95. The van der Waals surface area contributed by atoms with Gasteiger partial charge in [-0.05, 0) is 18.2 Å². The molecule has 0 radical (unpaired) electrons. The van der Waals surface area contributed by atoms with Gasteiger partial charge >= 0.3 is 0 Å². The molecule has 2 aromatic carbocycles. The molecule has 0 amide bonds. The Morgan fingerprint density at radius 3 is 2.32 bits per heavy atom. The van der Waals surface area contributed by atoms with Crippen LogP contribution in [0.15, 0.2) is 59.5 Å². The molecule has 1 aliphatic heterocycles. The lowest BCUT2D eigenvalue weighted by atomic mass is 10.2. The number of hydrogen-bond acceptors (Lipinski definition) is 5. The number of sulfone groups is 2. The first-order valence-corrected chi connectivity index (χ1v) is 11.1. The molecule has 0 aromatic heterocycles. The van der Waals surface area contributed by atoms with Gasteiger partial charge in [0.2, 0.25) is 0 Å². The number of benzene rings is 2. The first kappa shape index (κ1) is 18.0. The Morgan fingerprint density at radius 2 is 1.64 bits per heavy atom. The minimum absolute atomic E-state index is 0.0632. The zero-order chi connectivity index (χ0) is 18.1. The summed E-state index contributed by atoms with van der Waals surface area (Å²) in [6.45, 7) is 0.0632. The monoisotopic (exact) mass is 383 g/mol. The molecular weight excluding hydrogens is 365 g/mol. The van der Waals surface area contributed by atoms with Crippen molar-refractivity contribution in [3.63, 3.8) is 0 Å². The molecule has 0 unspecified atom stereocenters. The van der Waals surface area contributed by atoms with Crippen LogP contribution in [0, 0.1) is 5.82 Å². The molecule has 5 nitrogen and oxygen atoms in total. The molecule has 2 atom stereocenters. The van der Waals surface area contributed by atoms with E-state index in [0.717, 1.165) is 0 Å². The van der Waals surface area contributed by atoms with Gasteiger partial charge in [-0.1, -0.05) is 36.4 Å². The van der Waals surface area contributed by atoms with Crippen LogP contribution in [0.1, 0.15) is 5.56 Å². The van der Waals surface area contributed by atoms with E-state index in [0.29, 0.717) is 5.56 Å². The van der Waals surface area contributed by atoms with Crippen LogP contribution in [0.2, 0.25) is 0 Å². The van der Waals surface area contributed by atoms with Gasteiger partial charge in [0, 0.05) is 18.2 Å². The molecule has 0 bridgehead atoms. The molecule has 0 spiro atoms. The highest BCUT2D eigenvalue weighted by Gasteiger charge is 2.45. The fraction of sp³-hybridized carbons (Fsp3) is 0.294. The minimum atomic E-state index is -3.81. The lowest BCUT2D eigenvalue weighted by molar-refractivity contribution is 0.515.